The Morgan fingerprint density at radius 2 is 1.96 bits per heavy atom. The molecule has 1 atom stereocenters. The summed E-state index contributed by atoms with van der Waals surface area (Å²) in [5, 5.41) is 2.80. The molecule has 2 aromatic heterocycles. The van der Waals surface area contributed by atoms with Gasteiger partial charge in [-0.1, -0.05) is 0 Å². The van der Waals surface area contributed by atoms with Gasteiger partial charge in [0.2, 0.25) is 0 Å². The molecule has 138 valence electrons. The van der Waals surface area contributed by atoms with Crippen molar-refractivity contribution in [1.29, 1.82) is 0 Å². The van der Waals surface area contributed by atoms with Crippen molar-refractivity contribution in [1.82, 2.24) is 15.2 Å². The molecule has 1 fully saturated rings. The average Bonchev–Trinajstić information content (AvgIpc) is 3.02. The first-order chi connectivity index (χ1) is 12.2. The van der Waals surface area contributed by atoms with Gasteiger partial charge < -0.3 is 14.5 Å². The Labute approximate surface area is 152 Å². The predicted octanol–water partition coefficient (Wildman–Crippen LogP) is 2.88. The van der Waals surface area contributed by atoms with Crippen molar-refractivity contribution in [2.24, 2.45) is 0 Å². The summed E-state index contributed by atoms with van der Waals surface area (Å²) in [6.07, 6.45) is 1.68. The summed E-state index contributed by atoms with van der Waals surface area (Å²) < 4.78 is 10.9. The van der Waals surface area contributed by atoms with Crippen LogP contribution in [0.1, 0.15) is 40.8 Å². The summed E-state index contributed by atoms with van der Waals surface area (Å²) in [6.45, 7) is 9.14. The molecule has 1 saturated heterocycles. The average molecular weight is 357 g/mol. The van der Waals surface area contributed by atoms with Crippen molar-refractivity contribution >= 4 is 11.9 Å². The highest BCUT2D eigenvalue weighted by Gasteiger charge is 2.50. The van der Waals surface area contributed by atoms with E-state index in [2.05, 4.69) is 10.3 Å². The van der Waals surface area contributed by atoms with Gasteiger partial charge in [0.25, 0.3) is 5.91 Å². The van der Waals surface area contributed by atoms with Crippen LogP contribution in [0.4, 0.5) is 4.79 Å². The number of hydrogen-bond acceptors (Lipinski definition) is 5. The van der Waals surface area contributed by atoms with Gasteiger partial charge in [-0.2, -0.15) is 0 Å². The third-order valence-corrected chi connectivity index (χ3v) is 4.91. The van der Waals surface area contributed by atoms with Crippen LogP contribution in [0.5, 0.6) is 5.75 Å². The monoisotopic (exact) mass is 357 g/mol. The fourth-order valence-electron chi connectivity index (χ4n) is 3.53. The van der Waals surface area contributed by atoms with Crippen LogP contribution in [0.25, 0.3) is 0 Å². The highest BCUT2D eigenvalue weighted by atomic mass is 16.5. The molecule has 2 aromatic rings. The molecule has 0 saturated carbocycles. The van der Waals surface area contributed by atoms with E-state index in [1.54, 1.807) is 33.2 Å². The summed E-state index contributed by atoms with van der Waals surface area (Å²) in [7, 11) is 1.59. The number of urea groups is 1. The van der Waals surface area contributed by atoms with Gasteiger partial charge in [-0.3, -0.25) is 14.7 Å². The smallest absolute Gasteiger partial charge is 0.325 e. The van der Waals surface area contributed by atoms with Gasteiger partial charge in [0.05, 0.1) is 19.3 Å². The number of rotatable bonds is 4. The summed E-state index contributed by atoms with van der Waals surface area (Å²) in [4.78, 5) is 31.2. The molecule has 0 aromatic carbocycles. The highest BCUT2D eigenvalue weighted by molar-refractivity contribution is 6.07. The third kappa shape index (κ3) is 2.64. The number of hydrogen-bond donors (Lipinski definition) is 1. The molecule has 0 radical (unpaired) electrons. The van der Waals surface area contributed by atoms with Crippen LogP contribution < -0.4 is 10.1 Å². The van der Waals surface area contributed by atoms with Crippen LogP contribution in [0.3, 0.4) is 0 Å². The maximum absolute atomic E-state index is 13.1. The molecule has 1 N–H and O–H groups in total. The molecule has 7 nitrogen and oxygen atoms in total. The lowest BCUT2D eigenvalue weighted by molar-refractivity contribution is -0.131. The number of aryl methyl sites for hydroxylation is 3. The molecule has 3 amide bonds. The van der Waals surface area contributed by atoms with Crippen LogP contribution in [-0.2, 0) is 16.9 Å². The topological polar surface area (TPSA) is 84.7 Å². The summed E-state index contributed by atoms with van der Waals surface area (Å²) in [5.41, 5.74) is 1.86. The van der Waals surface area contributed by atoms with Gasteiger partial charge in [-0.15, -0.1) is 0 Å². The SMILES string of the molecule is COc1c(C)cnc(CN2C(=O)N[C@@](C)(c3cc(C)oc3C)C2=O)c1C. The number of carbonyl (C=O) groups is 2. The minimum Gasteiger partial charge on any atom is -0.496 e. The number of ether oxygens (including phenoxy) is 1. The van der Waals surface area contributed by atoms with Gasteiger partial charge in [0.15, 0.2) is 0 Å². The number of nitrogens with zero attached hydrogens (tertiary/aromatic N) is 2. The Balaban J connectivity index is 1.95. The van der Waals surface area contributed by atoms with E-state index in [1.165, 1.54) is 4.90 Å². The lowest BCUT2D eigenvalue weighted by Crippen LogP contribution is -2.41. The third-order valence-electron chi connectivity index (χ3n) is 4.91. The minimum atomic E-state index is -1.15. The molecule has 1 aliphatic rings. The van der Waals surface area contributed by atoms with E-state index in [0.29, 0.717) is 28.5 Å². The second-order valence-corrected chi connectivity index (χ2v) is 6.82. The van der Waals surface area contributed by atoms with Crippen LogP contribution >= 0.6 is 0 Å². The molecule has 0 aliphatic carbocycles. The zero-order valence-electron chi connectivity index (χ0n) is 15.9. The fourth-order valence-corrected chi connectivity index (χ4v) is 3.53. The standard InChI is InChI=1S/C19H23N3O4/c1-10-8-20-15(12(3)16(10)25-6)9-22-17(23)19(5,21-18(22)24)14-7-11(2)26-13(14)4/h7-8H,9H2,1-6H3,(H,21,24)/t19-/m0/s1. The number of carbonyl (C=O) groups excluding carboxylic acids is 2. The Hall–Kier alpha value is -2.83. The maximum atomic E-state index is 13.1. The molecule has 7 heteroatoms. The largest absolute Gasteiger partial charge is 0.496 e. The molecule has 3 heterocycles. The molecule has 0 bridgehead atoms. The second-order valence-electron chi connectivity index (χ2n) is 6.82. The molecule has 26 heavy (non-hydrogen) atoms. The Morgan fingerprint density at radius 3 is 2.54 bits per heavy atom. The minimum absolute atomic E-state index is 0.0820. The molecule has 0 unspecified atom stereocenters. The Bertz CT molecular complexity index is 902. The van der Waals surface area contributed by atoms with Crippen molar-refractivity contribution in [2.45, 2.75) is 46.7 Å². The van der Waals surface area contributed by atoms with E-state index in [-0.39, 0.29) is 12.5 Å². The first-order valence-electron chi connectivity index (χ1n) is 8.39. The van der Waals surface area contributed by atoms with Gasteiger partial charge in [0.1, 0.15) is 22.8 Å². The molecular weight excluding hydrogens is 334 g/mol. The molecule has 3 rings (SSSR count). The van der Waals surface area contributed by atoms with Crippen LogP contribution in [0.2, 0.25) is 0 Å². The van der Waals surface area contributed by atoms with Crippen molar-refractivity contribution < 1.29 is 18.7 Å². The number of methoxy groups -OCH3 is 1. The van der Waals surface area contributed by atoms with E-state index in [0.717, 1.165) is 11.1 Å². The second kappa shape index (κ2) is 6.16. The zero-order valence-corrected chi connectivity index (χ0v) is 15.9. The number of furan rings is 1. The normalized spacial score (nSPS) is 19.8. The van der Waals surface area contributed by atoms with E-state index < -0.39 is 11.6 Å². The zero-order chi connectivity index (χ0) is 19.2. The quantitative estimate of drug-likeness (QED) is 0.851. The van der Waals surface area contributed by atoms with E-state index in [9.17, 15) is 9.59 Å². The number of pyridine rings is 1. The van der Waals surface area contributed by atoms with Crippen molar-refractivity contribution in [3.63, 3.8) is 0 Å². The number of amides is 3. The summed E-state index contributed by atoms with van der Waals surface area (Å²) in [6, 6.07) is 1.34. The van der Waals surface area contributed by atoms with Gasteiger partial charge in [-0.25, -0.2) is 4.79 Å². The van der Waals surface area contributed by atoms with Crippen LogP contribution in [-0.4, -0.2) is 28.9 Å². The summed E-state index contributed by atoms with van der Waals surface area (Å²) >= 11 is 0. The molecule has 0 spiro atoms. The van der Waals surface area contributed by atoms with Gasteiger partial charge in [-0.05, 0) is 40.7 Å². The number of aromatic nitrogens is 1. The first kappa shape index (κ1) is 18.0. The van der Waals surface area contributed by atoms with Gasteiger partial charge >= 0.3 is 6.03 Å². The van der Waals surface area contributed by atoms with Crippen molar-refractivity contribution in [2.75, 3.05) is 7.11 Å². The molecule has 1 aliphatic heterocycles. The predicted molar refractivity (Wildman–Crippen MR) is 94.9 cm³/mol. The fraction of sp³-hybridized carbons (Fsp3) is 0.421. The van der Waals surface area contributed by atoms with Crippen LogP contribution in [0.15, 0.2) is 16.7 Å². The Morgan fingerprint density at radius 1 is 1.27 bits per heavy atom. The number of imide groups is 1. The van der Waals surface area contributed by atoms with Gasteiger partial charge in [0, 0.05) is 22.9 Å². The summed E-state index contributed by atoms with van der Waals surface area (Å²) in [5.74, 6) is 1.70. The van der Waals surface area contributed by atoms with E-state index in [4.69, 9.17) is 9.15 Å². The van der Waals surface area contributed by atoms with E-state index >= 15 is 0 Å². The number of nitrogens with one attached hydrogen (secondary N) is 1. The first-order valence-corrected chi connectivity index (χ1v) is 8.39. The van der Waals surface area contributed by atoms with Crippen LogP contribution in [0, 0.1) is 27.7 Å². The van der Waals surface area contributed by atoms with Crippen molar-refractivity contribution in [3.8, 4) is 5.75 Å². The van der Waals surface area contributed by atoms with Crippen molar-refractivity contribution in [3.05, 3.63) is 46.2 Å². The molecular formula is C19H23N3O4. The Kier molecular flexibility index (Phi) is 4.26. The highest BCUT2D eigenvalue weighted by Crippen LogP contribution is 2.34. The lowest BCUT2D eigenvalue weighted by Gasteiger charge is -2.21. The van der Waals surface area contributed by atoms with E-state index in [1.807, 2.05) is 20.8 Å². The maximum Gasteiger partial charge on any atom is 0.325 e. The lowest BCUT2D eigenvalue weighted by atomic mass is 9.92.